The molecule has 2 aromatic carbocycles. The van der Waals surface area contributed by atoms with Crippen LogP contribution in [0.25, 0.3) is 0 Å². The fourth-order valence-electron chi connectivity index (χ4n) is 3.38. The summed E-state index contributed by atoms with van der Waals surface area (Å²) in [5.41, 5.74) is 2.22. The molecule has 1 aliphatic rings. The van der Waals surface area contributed by atoms with Crippen molar-refractivity contribution in [2.45, 2.75) is 13.1 Å². The van der Waals surface area contributed by atoms with Gasteiger partial charge in [-0.25, -0.2) is 0 Å². The molecule has 0 unspecified atom stereocenters. The molecular weight excluding hydrogens is 362 g/mol. The van der Waals surface area contributed by atoms with E-state index >= 15 is 0 Å². The Morgan fingerprint density at radius 2 is 1.39 bits per heavy atom. The van der Waals surface area contributed by atoms with Gasteiger partial charge in [0.1, 0.15) is 0 Å². The number of benzene rings is 2. The molecular formula is C20H25N3O5. The second kappa shape index (κ2) is 8.90. The Kier molecular flexibility index (Phi) is 6.33. The van der Waals surface area contributed by atoms with Crippen LogP contribution in [-0.2, 0) is 13.1 Å². The second-order valence-electron chi connectivity index (χ2n) is 6.82. The number of ether oxygens (including phenoxy) is 2. The predicted octanol–water partition coefficient (Wildman–Crippen LogP) is 2.64. The van der Waals surface area contributed by atoms with Crippen molar-refractivity contribution in [3.05, 3.63) is 57.6 Å². The summed E-state index contributed by atoms with van der Waals surface area (Å²) in [6.45, 7) is 5.20. The molecule has 8 nitrogen and oxygen atoms in total. The number of hydrogen-bond acceptors (Lipinski definition) is 7. The molecule has 0 spiro atoms. The molecule has 2 aromatic rings. The number of aromatic hydroxyl groups is 1. The van der Waals surface area contributed by atoms with Crippen molar-refractivity contribution in [1.82, 2.24) is 9.80 Å². The van der Waals surface area contributed by atoms with Crippen LogP contribution in [0.3, 0.4) is 0 Å². The number of nitro benzene ring substituents is 1. The molecule has 1 heterocycles. The molecule has 0 saturated carbocycles. The quantitative estimate of drug-likeness (QED) is 0.577. The molecule has 3 rings (SSSR count). The Labute approximate surface area is 164 Å². The van der Waals surface area contributed by atoms with Gasteiger partial charge in [-0.2, -0.15) is 0 Å². The molecule has 0 aromatic heterocycles. The van der Waals surface area contributed by atoms with Crippen LogP contribution in [0.4, 0.5) is 5.69 Å². The van der Waals surface area contributed by atoms with Gasteiger partial charge >= 0.3 is 0 Å². The number of rotatable bonds is 7. The molecule has 1 fully saturated rings. The Morgan fingerprint density at radius 3 is 1.82 bits per heavy atom. The molecule has 1 N–H and O–H groups in total. The van der Waals surface area contributed by atoms with Crippen LogP contribution in [0.2, 0.25) is 0 Å². The van der Waals surface area contributed by atoms with Crippen LogP contribution in [0.1, 0.15) is 11.1 Å². The van der Waals surface area contributed by atoms with Gasteiger partial charge in [0.15, 0.2) is 11.5 Å². The van der Waals surface area contributed by atoms with E-state index in [4.69, 9.17) is 9.47 Å². The van der Waals surface area contributed by atoms with E-state index in [2.05, 4.69) is 9.80 Å². The van der Waals surface area contributed by atoms with Gasteiger partial charge in [-0.1, -0.05) is 12.1 Å². The zero-order valence-corrected chi connectivity index (χ0v) is 16.1. The van der Waals surface area contributed by atoms with Crippen LogP contribution in [0.15, 0.2) is 36.4 Å². The van der Waals surface area contributed by atoms with E-state index in [1.165, 1.54) is 14.2 Å². The van der Waals surface area contributed by atoms with Crippen molar-refractivity contribution in [2.75, 3.05) is 40.4 Å². The molecule has 0 atom stereocenters. The number of phenolic OH excluding ortho intramolecular Hbond substituents is 1. The number of non-ortho nitro benzene ring substituents is 1. The van der Waals surface area contributed by atoms with Crippen LogP contribution in [-0.4, -0.2) is 60.2 Å². The van der Waals surface area contributed by atoms with Crippen molar-refractivity contribution in [1.29, 1.82) is 0 Å². The van der Waals surface area contributed by atoms with Gasteiger partial charge in [-0.05, 0) is 23.3 Å². The largest absolute Gasteiger partial charge is 0.502 e. The monoisotopic (exact) mass is 387 g/mol. The zero-order valence-electron chi connectivity index (χ0n) is 16.1. The fraction of sp³-hybridized carbons (Fsp3) is 0.400. The minimum absolute atomic E-state index is 0.0154. The number of methoxy groups -OCH3 is 2. The fourth-order valence-corrected chi connectivity index (χ4v) is 3.38. The summed E-state index contributed by atoms with van der Waals surface area (Å²) in [6.07, 6.45) is 0. The molecule has 0 bridgehead atoms. The average molecular weight is 387 g/mol. The minimum Gasteiger partial charge on any atom is -0.502 e. The number of hydrogen-bond donors (Lipinski definition) is 1. The maximum Gasteiger partial charge on any atom is 0.269 e. The first-order chi connectivity index (χ1) is 13.5. The third kappa shape index (κ3) is 4.71. The first kappa shape index (κ1) is 19.9. The number of nitrogens with zero attached hydrogens (tertiary/aromatic N) is 3. The highest BCUT2D eigenvalue weighted by Crippen LogP contribution is 2.37. The molecule has 1 saturated heterocycles. The number of nitro groups is 1. The molecule has 8 heteroatoms. The Balaban J connectivity index is 1.55. The maximum absolute atomic E-state index is 10.7. The van der Waals surface area contributed by atoms with E-state index in [-0.39, 0.29) is 16.4 Å². The Bertz CT molecular complexity index is 792. The summed E-state index contributed by atoms with van der Waals surface area (Å²) in [5, 5.41) is 20.8. The van der Waals surface area contributed by atoms with E-state index in [0.29, 0.717) is 11.5 Å². The summed E-state index contributed by atoms with van der Waals surface area (Å²) in [7, 11) is 3.05. The van der Waals surface area contributed by atoms with Gasteiger partial charge < -0.3 is 14.6 Å². The number of piperazine rings is 1. The third-order valence-corrected chi connectivity index (χ3v) is 4.96. The maximum atomic E-state index is 10.7. The second-order valence-corrected chi connectivity index (χ2v) is 6.82. The first-order valence-corrected chi connectivity index (χ1v) is 9.12. The third-order valence-electron chi connectivity index (χ3n) is 4.96. The minimum atomic E-state index is -0.379. The topological polar surface area (TPSA) is 88.3 Å². The van der Waals surface area contributed by atoms with Gasteiger partial charge in [0.25, 0.3) is 5.69 Å². The van der Waals surface area contributed by atoms with Crippen molar-refractivity contribution >= 4 is 5.69 Å². The SMILES string of the molecule is COc1cc(CN2CCN(Cc3ccc([N+](=O)[O-])cc3)CC2)cc(OC)c1O. The zero-order chi connectivity index (χ0) is 20.1. The molecule has 28 heavy (non-hydrogen) atoms. The van der Waals surface area contributed by atoms with E-state index in [1.54, 1.807) is 12.1 Å². The molecule has 0 radical (unpaired) electrons. The van der Waals surface area contributed by atoms with E-state index < -0.39 is 0 Å². The lowest BCUT2D eigenvalue weighted by atomic mass is 10.1. The van der Waals surface area contributed by atoms with Crippen LogP contribution in [0.5, 0.6) is 17.2 Å². The summed E-state index contributed by atoms with van der Waals surface area (Å²) in [5.74, 6) is 0.832. The Hall–Kier alpha value is -2.84. The van der Waals surface area contributed by atoms with Gasteiger partial charge in [-0.3, -0.25) is 19.9 Å². The Morgan fingerprint density at radius 1 is 0.929 bits per heavy atom. The normalized spacial score (nSPS) is 15.4. The lowest BCUT2D eigenvalue weighted by molar-refractivity contribution is -0.384. The van der Waals surface area contributed by atoms with Crippen molar-refractivity contribution in [3.63, 3.8) is 0 Å². The van der Waals surface area contributed by atoms with E-state index in [9.17, 15) is 15.2 Å². The van der Waals surface area contributed by atoms with Gasteiger partial charge in [-0.15, -0.1) is 0 Å². The summed E-state index contributed by atoms with van der Waals surface area (Å²) in [6, 6.07) is 10.4. The smallest absolute Gasteiger partial charge is 0.269 e. The van der Waals surface area contributed by atoms with E-state index in [1.807, 2.05) is 24.3 Å². The van der Waals surface area contributed by atoms with Crippen LogP contribution >= 0.6 is 0 Å². The van der Waals surface area contributed by atoms with Crippen molar-refractivity contribution in [2.24, 2.45) is 0 Å². The van der Waals surface area contributed by atoms with Gasteiger partial charge in [0, 0.05) is 51.4 Å². The highest BCUT2D eigenvalue weighted by Gasteiger charge is 2.19. The molecule has 150 valence electrons. The van der Waals surface area contributed by atoms with Gasteiger partial charge in [0.05, 0.1) is 19.1 Å². The average Bonchev–Trinajstić information content (AvgIpc) is 2.71. The summed E-state index contributed by atoms with van der Waals surface area (Å²) >= 11 is 0. The summed E-state index contributed by atoms with van der Waals surface area (Å²) < 4.78 is 10.5. The van der Waals surface area contributed by atoms with Gasteiger partial charge in [0.2, 0.25) is 5.75 Å². The lowest BCUT2D eigenvalue weighted by Gasteiger charge is -2.34. The predicted molar refractivity (Wildman–Crippen MR) is 105 cm³/mol. The van der Waals surface area contributed by atoms with E-state index in [0.717, 1.165) is 50.4 Å². The van der Waals surface area contributed by atoms with Crippen LogP contribution in [0, 0.1) is 10.1 Å². The summed E-state index contributed by atoms with van der Waals surface area (Å²) in [4.78, 5) is 15.1. The van der Waals surface area contributed by atoms with Crippen molar-refractivity contribution < 1.29 is 19.5 Å². The first-order valence-electron chi connectivity index (χ1n) is 9.12. The number of phenols is 1. The van der Waals surface area contributed by atoms with Crippen LogP contribution < -0.4 is 9.47 Å². The highest BCUT2D eigenvalue weighted by atomic mass is 16.6. The van der Waals surface area contributed by atoms with Crippen molar-refractivity contribution in [3.8, 4) is 17.2 Å². The molecule has 0 amide bonds. The standard InChI is InChI=1S/C20H25N3O5/c1-27-18-11-16(12-19(28-2)20(18)24)14-22-9-7-21(8-10-22)13-15-3-5-17(6-4-15)23(25)26/h3-6,11-12,24H,7-10,13-14H2,1-2H3. The highest BCUT2D eigenvalue weighted by molar-refractivity contribution is 5.52. The molecule has 1 aliphatic heterocycles. The molecule has 0 aliphatic carbocycles. The lowest BCUT2D eigenvalue weighted by Crippen LogP contribution is -2.45.